The highest BCUT2D eigenvalue weighted by Gasteiger charge is 2.50. The fourth-order valence-corrected chi connectivity index (χ4v) is 4.55. The molecule has 1 aliphatic heterocycles. The summed E-state index contributed by atoms with van der Waals surface area (Å²) in [6.07, 6.45) is 5.50. The molecule has 1 saturated carbocycles. The number of nitrogens with zero attached hydrogens (tertiary/aromatic N) is 2. The molecule has 3 aliphatic rings. The second-order valence-corrected chi connectivity index (χ2v) is 8.65. The van der Waals surface area contributed by atoms with Gasteiger partial charge in [-0.2, -0.15) is 0 Å². The lowest BCUT2D eigenvalue weighted by atomic mass is 9.91. The van der Waals surface area contributed by atoms with E-state index in [-0.39, 0.29) is 11.8 Å². The maximum atomic E-state index is 12.9. The molecule has 5 nitrogen and oxygen atoms in total. The lowest BCUT2D eigenvalue weighted by Crippen LogP contribution is -2.53. The van der Waals surface area contributed by atoms with E-state index in [1.165, 1.54) is 16.7 Å². The Morgan fingerprint density at radius 2 is 1.63 bits per heavy atom. The Labute approximate surface area is 176 Å². The molecular formula is C25H26N2O3. The smallest absolute Gasteiger partial charge is 0.254 e. The van der Waals surface area contributed by atoms with Crippen LogP contribution in [0.15, 0.2) is 48.5 Å². The van der Waals surface area contributed by atoms with Gasteiger partial charge in [0.15, 0.2) is 0 Å². The highest BCUT2D eigenvalue weighted by molar-refractivity contribution is 5.95. The first-order chi connectivity index (χ1) is 14.5. The van der Waals surface area contributed by atoms with Crippen LogP contribution >= 0.6 is 0 Å². The molecule has 2 aromatic rings. The number of benzene rings is 2. The summed E-state index contributed by atoms with van der Waals surface area (Å²) < 4.78 is 0. The average Bonchev–Trinajstić information content (AvgIpc) is 3.43. The van der Waals surface area contributed by atoms with Crippen molar-refractivity contribution in [1.82, 2.24) is 9.80 Å². The van der Waals surface area contributed by atoms with Crippen molar-refractivity contribution in [2.45, 2.75) is 31.3 Å². The fourth-order valence-electron chi connectivity index (χ4n) is 4.55. The molecule has 2 aromatic carbocycles. The van der Waals surface area contributed by atoms with Gasteiger partial charge in [0, 0.05) is 37.7 Å². The highest BCUT2D eigenvalue weighted by Crippen LogP contribution is 2.38. The number of hydrogen-bond acceptors (Lipinski definition) is 3. The molecule has 30 heavy (non-hydrogen) atoms. The van der Waals surface area contributed by atoms with Crippen molar-refractivity contribution >= 4 is 17.9 Å². The van der Waals surface area contributed by atoms with Crippen LogP contribution < -0.4 is 0 Å². The van der Waals surface area contributed by atoms with Crippen molar-refractivity contribution in [1.29, 1.82) is 0 Å². The zero-order valence-corrected chi connectivity index (χ0v) is 17.2. The van der Waals surface area contributed by atoms with Crippen LogP contribution in [0.5, 0.6) is 0 Å². The summed E-state index contributed by atoms with van der Waals surface area (Å²) in [6, 6.07) is 14.2. The van der Waals surface area contributed by atoms with Gasteiger partial charge in [0.2, 0.25) is 0 Å². The molecule has 0 aromatic heterocycles. The first-order valence-corrected chi connectivity index (χ1v) is 10.7. The monoisotopic (exact) mass is 402 g/mol. The molecule has 1 saturated heterocycles. The normalized spacial score (nSPS) is 21.5. The second kappa shape index (κ2) is 7.10. The van der Waals surface area contributed by atoms with Gasteiger partial charge < -0.3 is 14.9 Å². The van der Waals surface area contributed by atoms with Crippen molar-refractivity contribution < 1.29 is 14.7 Å². The highest BCUT2D eigenvalue weighted by atomic mass is 16.3. The Morgan fingerprint density at radius 1 is 0.967 bits per heavy atom. The van der Waals surface area contributed by atoms with E-state index >= 15 is 0 Å². The van der Waals surface area contributed by atoms with E-state index in [9.17, 15) is 14.7 Å². The van der Waals surface area contributed by atoms with E-state index in [4.69, 9.17) is 0 Å². The Kier molecular flexibility index (Phi) is 4.51. The van der Waals surface area contributed by atoms with E-state index < -0.39 is 5.60 Å². The number of amides is 2. The Morgan fingerprint density at radius 3 is 2.30 bits per heavy atom. The van der Waals surface area contributed by atoms with E-state index in [0.29, 0.717) is 50.5 Å². The molecule has 0 spiro atoms. The fraction of sp³-hybridized carbons (Fsp3) is 0.360. The van der Waals surface area contributed by atoms with Crippen molar-refractivity contribution in [2.24, 2.45) is 0 Å². The molecule has 154 valence electrons. The maximum absolute atomic E-state index is 12.9. The number of carbonyl (C=O) groups is 2. The van der Waals surface area contributed by atoms with E-state index in [0.717, 1.165) is 5.56 Å². The lowest BCUT2D eigenvalue weighted by Gasteiger charge is -2.35. The van der Waals surface area contributed by atoms with Gasteiger partial charge in [-0.25, -0.2) is 0 Å². The van der Waals surface area contributed by atoms with Gasteiger partial charge in [-0.3, -0.25) is 9.59 Å². The van der Waals surface area contributed by atoms with Crippen LogP contribution in [0.2, 0.25) is 0 Å². The summed E-state index contributed by atoms with van der Waals surface area (Å²) in [7, 11) is 0. The van der Waals surface area contributed by atoms with Crippen LogP contribution in [-0.2, 0) is 4.79 Å². The molecule has 2 fully saturated rings. The van der Waals surface area contributed by atoms with Crippen LogP contribution in [0.1, 0.15) is 47.2 Å². The summed E-state index contributed by atoms with van der Waals surface area (Å²) >= 11 is 0. The molecular weight excluding hydrogens is 376 g/mol. The van der Waals surface area contributed by atoms with Crippen molar-refractivity contribution in [2.75, 3.05) is 26.2 Å². The summed E-state index contributed by atoms with van der Waals surface area (Å²) in [5.41, 5.74) is 4.48. The van der Waals surface area contributed by atoms with Crippen LogP contribution in [0, 0.1) is 0 Å². The molecule has 2 amide bonds. The zero-order chi connectivity index (χ0) is 20.9. The van der Waals surface area contributed by atoms with Gasteiger partial charge in [0.1, 0.15) is 5.60 Å². The molecule has 1 atom stereocenters. The van der Waals surface area contributed by atoms with Gasteiger partial charge in [-0.15, -0.1) is 0 Å². The van der Waals surface area contributed by atoms with E-state index in [1.807, 2.05) is 24.3 Å². The predicted octanol–water partition coefficient (Wildman–Crippen LogP) is 3.29. The third-order valence-corrected chi connectivity index (χ3v) is 6.58. The Balaban J connectivity index is 1.27. The van der Waals surface area contributed by atoms with Gasteiger partial charge in [0.05, 0.1) is 0 Å². The first-order valence-electron chi connectivity index (χ1n) is 10.7. The van der Waals surface area contributed by atoms with Crippen molar-refractivity contribution in [3.05, 3.63) is 65.2 Å². The van der Waals surface area contributed by atoms with Crippen LogP contribution in [-0.4, -0.2) is 58.5 Å². The Bertz CT molecular complexity index is 1030. The standard InChI is InChI=1S/C25H26N2O3/c1-17-5-6-19-3-2-4-21(22(17)19)18-7-9-20(10-8-18)23(28)26-13-15-27(16-14-26)24(29)25(30)11-12-25/h2-10,17,30H,11-16H2,1H3. The van der Waals surface area contributed by atoms with Gasteiger partial charge in [0.25, 0.3) is 11.8 Å². The SMILES string of the molecule is CC1C=Cc2cccc(-c3ccc(C(=O)N4CCN(C(=O)C5(O)CC5)CC4)cc3)c21. The molecule has 1 unspecified atom stereocenters. The van der Waals surface area contributed by atoms with Crippen LogP contribution in [0.4, 0.5) is 0 Å². The van der Waals surface area contributed by atoms with Gasteiger partial charge >= 0.3 is 0 Å². The van der Waals surface area contributed by atoms with Crippen molar-refractivity contribution in [3.8, 4) is 11.1 Å². The van der Waals surface area contributed by atoms with Gasteiger partial charge in [-0.1, -0.05) is 49.4 Å². The predicted molar refractivity (Wildman–Crippen MR) is 116 cm³/mol. The molecule has 1 N–H and O–H groups in total. The van der Waals surface area contributed by atoms with Crippen LogP contribution in [0.25, 0.3) is 17.2 Å². The number of hydrogen-bond donors (Lipinski definition) is 1. The largest absolute Gasteiger partial charge is 0.380 e. The molecule has 5 rings (SSSR count). The Hall–Kier alpha value is -2.92. The van der Waals surface area contributed by atoms with Crippen LogP contribution in [0.3, 0.4) is 0 Å². The zero-order valence-electron chi connectivity index (χ0n) is 17.2. The number of piperazine rings is 1. The second-order valence-electron chi connectivity index (χ2n) is 8.65. The number of rotatable bonds is 3. The molecule has 0 bridgehead atoms. The summed E-state index contributed by atoms with van der Waals surface area (Å²) in [6.45, 7) is 4.16. The number of fused-ring (bicyclic) bond motifs is 1. The van der Waals surface area contributed by atoms with Crippen molar-refractivity contribution in [3.63, 3.8) is 0 Å². The minimum absolute atomic E-state index is 0.00731. The topological polar surface area (TPSA) is 60.9 Å². The summed E-state index contributed by atoms with van der Waals surface area (Å²) in [5, 5.41) is 10.0. The molecule has 2 aliphatic carbocycles. The number of carbonyl (C=O) groups excluding carboxylic acids is 2. The third-order valence-electron chi connectivity index (χ3n) is 6.58. The maximum Gasteiger partial charge on any atom is 0.254 e. The number of aliphatic hydroxyl groups is 1. The molecule has 0 radical (unpaired) electrons. The molecule has 5 heteroatoms. The first kappa shape index (κ1) is 19.1. The van der Waals surface area contributed by atoms with E-state index in [2.05, 4.69) is 37.3 Å². The quantitative estimate of drug-likeness (QED) is 0.857. The third kappa shape index (κ3) is 3.23. The lowest BCUT2D eigenvalue weighted by molar-refractivity contribution is -0.143. The molecule has 1 heterocycles. The minimum Gasteiger partial charge on any atom is -0.380 e. The summed E-state index contributed by atoms with van der Waals surface area (Å²) in [4.78, 5) is 28.7. The average molecular weight is 402 g/mol. The number of allylic oxidation sites excluding steroid dienone is 1. The van der Waals surface area contributed by atoms with Gasteiger partial charge in [-0.05, 0) is 47.2 Å². The minimum atomic E-state index is -1.13. The van der Waals surface area contributed by atoms with E-state index in [1.54, 1.807) is 9.80 Å². The summed E-state index contributed by atoms with van der Waals surface area (Å²) in [5.74, 6) is 0.204.